The fourth-order valence-electron chi connectivity index (χ4n) is 2.79. The van der Waals surface area contributed by atoms with Gasteiger partial charge in [-0.2, -0.15) is 15.0 Å². The van der Waals surface area contributed by atoms with Gasteiger partial charge in [0.25, 0.3) is 0 Å². The minimum absolute atomic E-state index is 0.163. The van der Waals surface area contributed by atoms with Gasteiger partial charge in [0.1, 0.15) is 12.4 Å². The van der Waals surface area contributed by atoms with Crippen LogP contribution in [0.25, 0.3) is 0 Å². The highest BCUT2D eigenvalue weighted by Gasteiger charge is 2.08. The zero-order valence-electron chi connectivity index (χ0n) is 15.3. The highest BCUT2D eigenvalue weighted by molar-refractivity contribution is 5.58. The number of nitrogens with two attached hydrogens (primary N) is 1. The van der Waals surface area contributed by atoms with Gasteiger partial charge in [0.2, 0.25) is 11.9 Å². The molecule has 0 fully saturated rings. The van der Waals surface area contributed by atoms with Gasteiger partial charge in [-0.1, -0.05) is 31.2 Å². The smallest absolute Gasteiger partial charge is 0.232 e. The predicted molar refractivity (Wildman–Crippen MR) is 104 cm³/mol. The summed E-state index contributed by atoms with van der Waals surface area (Å²) in [6, 6.07) is 14.1. The molecule has 0 aliphatic heterocycles. The number of anilines is 3. The van der Waals surface area contributed by atoms with Crippen LogP contribution in [0.1, 0.15) is 29.4 Å². The maximum Gasteiger partial charge on any atom is 0.232 e. The van der Waals surface area contributed by atoms with Crippen molar-refractivity contribution in [3.8, 4) is 5.75 Å². The lowest BCUT2D eigenvalue weighted by Crippen LogP contribution is -2.10. The van der Waals surface area contributed by atoms with Gasteiger partial charge in [0.05, 0.1) is 0 Å². The van der Waals surface area contributed by atoms with Crippen LogP contribution < -0.4 is 15.8 Å². The highest BCUT2D eigenvalue weighted by Crippen LogP contribution is 2.20. The first-order valence-corrected chi connectivity index (χ1v) is 8.60. The van der Waals surface area contributed by atoms with Crippen molar-refractivity contribution in [1.29, 1.82) is 0 Å². The van der Waals surface area contributed by atoms with Crippen molar-refractivity contribution < 1.29 is 4.74 Å². The van der Waals surface area contributed by atoms with Crippen LogP contribution in [-0.4, -0.2) is 15.0 Å². The van der Waals surface area contributed by atoms with Crippen LogP contribution >= 0.6 is 0 Å². The van der Waals surface area contributed by atoms with Gasteiger partial charge in [0, 0.05) is 5.69 Å². The number of aryl methyl sites for hydroxylation is 3. The molecule has 3 rings (SSSR count). The van der Waals surface area contributed by atoms with Gasteiger partial charge < -0.3 is 15.8 Å². The summed E-state index contributed by atoms with van der Waals surface area (Å²) in [6.45, 7) is 6.40. The molecule has 0 unspecified atom stereocenters. The number of nitrogens with one attached hydrogen (secondary N) is 1. The third-order valence-corrected chi connectivity index (χ3v) is 3.91. The van der Waals surface area contributed by atoms with Crippen molar-refractivity contribution >= 4 is 17.6 Å². The zero-order valence-corrected chi connectivity index (χ0v) is 15.3. The van der Waals surface area contributed by atoms with Gasteiger partial charge >= 0.3 is 0 Å². The van der Waals surface area contributed by atoms with E-state index in [0.717, 1.165) is 29.0 Å². The van der Waals surface area contributed by atoms with Gasteiger partial charge in [-0.15, -0.1) is 0 Å². The van der Waals surface area contributed by atoms with E-state index in [0.29, 0.717) is 11.8 Å². The van der Waals surface area contributed by atoms with E-state index in [2.05, 4.69) is 39.3 Å². The normalized spacial score (nSPS) is 10.6. The lowest BCUT2D eigenvalue weighted by Gasteiger charge is -2.11. The first-order valence-electron chi connectivity index (χ1n) is 8.60. The van der Waals surface area contributed by atoms with Crippen LogP contribution in [0.4, 0.5) is 17.6 Å². The van der Waals surface area contributed by atoms with Crippen molar-refractivity contribution in [2.75, 3.05) is 11.1 Å². The van der Waals surface area contributed by atoms with Crippen molar-refractivity contribution in [1.82, 2.24) is 15.0 Å². The van der Waals surface area contributed by atoms with E-state index in [1.165, 1.54) is 5.56 Å². The zero-order chi connectivity index (χ0) is 18.5. The molecule has 26 heavy (non-hydrogen) atoms. The molecule has 1 aromatic heterocycles. The van der Waals surface area contributed by atoms with E-state index < -0.39 is 0 Å². The number of hydrogen-bond acceptors (Lipinski definition) is 6. The summed E-state index contributed by atoms with van der Waals surface area (Å²) in [5.74, 6) is 1.84. The maximum absolute atomic E-state index is 5.84. The Morgan fingerprint density at radius 2 is 1.73 bits per heavy atom. The topological polar surface area (TPSA) is 86.0 Å². The van der Waals surface area contributed by atoms with E-state index in [1.54, 1.807) is 0 Å². The second kappa shape index (κ2) is 7.82. The van der Waals surface area contributed by atoms with Crippen LogP contribution in [0.3, 0.4) is 0 Å². The Balaban J connectivity index is 1.77. The van der Waals surface area contributed by atoms with Gasteiger partial charge in [-0.25, -0.2) is 0 Å². The molecule has 0 saturated heterocycles. The van der Waals surface area contributed by atoms with Crippen LogP contribution in [-0.2, 0) is 13.0 Å². The van der Waals surface area contributed by atoms with E-state index in [4.69, 9.17) is 10.5 Å². The molecular formula is C20H23N5O. The second-order valence-corrected chi connectivity index (χ2v) is 6.18. The number of nitrogen functional groups attached to an aromatic ring is 1. The monoisotopic (exact) mass is 349 g/mol. The Kier molecular flexibility index (Phi) is 5.31. The molecule has 0 bridgehead atoms. The summed E-state index contributed by atoms with van der Waals surface area (Å²) in [6.07, 6.45) is 0.909. The number of ether oxygens (including phenoxy) is 1. The van der Waals surface area contributed by atoms with Crippen molar-refractivity contribution in [2.24, 2.45) is 0 Å². The van der Waals surface area contributed by atoms with Crippen molar-refractivity contribution in [2.45, 2.75) is 33.8 Å². The highest BCUT2D eigenvalue weighted by atomic mass is 16.5. The minimum atomic E-state index is 0.163. The third kappa shape index (κ3) is 4.47. The summed E-state index contributed by atoms with van der Waals surface area (Å²) in [4.78, 5) is 12.8. The first kappa shape index (κ1) is 17.7. The van der Waals surface area contributed by atoms with Gasteiger partial charge in [0.15, 0.2) is 5.82 Å². The summed E-state index contributed by atoms with van der Waals surface area (Å²) in [7, 11) is 0. The number of nitrogens with zero attached hydrogens (tertiary/aromatic N) is 3. The molecule has 0 saturated carbocycles. The standard InChI is InChI=1S/C20H23N5O/c1-4-15-7-5-6-8-17(15)22-20-24-18(23-19(21)25-20)12-26-16-10-13(2)9-14(3)11-16/h5-11H,4,12H2,1-3H3,(H3,21,22,23,24,25). The van der Waals surface area contributed by atoms with Crippen LogP contribution in [0.15, 0.2) is 42.5 Å². The number of para-hydroxylation sites is 1. The average Bonchev–Trinajstić information content (AvgIpc) is 2.59. The summed E-state index contributed by atoms with van der Waals surface area (Å²) < 4.78 is 5.82. The molecule has 0 radical (unpaired) electrons. The Hall–Kier alpha value is -3.15. The first-order chi connectivity index (χ1) is 12.5. The summed E-state index contributed by atoms with van der Waals surface area (Å²) in [5.41, 5.74) is 10.3. The Morgan fingerprint density at radius 3 is 2.46 bits per heavy atom. The largest absolute Gasteiger partial charge is 0.486 e. The molecule has 0 atom stereocenters. The SMILES string of the molecule is CCc1ccccc1Nc1nc(N)nc(COc2cc(C)cc(C)c2)n1. The maximum atomic E-state index is 5.84. The van der Waals surface area contributed by atoms with Crippen molar-refractivity contribution in [3.63, 3.8) is 0 Å². The molecule has 0 aliphatic rings. The predicted octanol–water partition coefficient (Wildman–Crippen LogP) is 3.96. The number of hydrogen-bond donors (Lipinski definition) is 2. The Morgan fingerprint density at radius 1 is 1.00 bits per heavy atom. The van der Waals surface area contributed by atoms with E-state index >= 15 is 0 Å². The van der Waals surface area contributed by atoms with Gasteiger partial charge in [-0.05, 0) is 55.2 Å². The number of aromatic nitrogens is 3. The Bertz CT molecular complexity index is 890. The van der Waals surface area contributed by atoms with E-state index in [-0.39, 0.29) is 12.6 Å². The van der Waals surface area contributed by atoms with Gasteiger partial charge in [-0.3, -0.25) is 0 Å². The number of rotatable bonds is 6. The fourth-order valence-corrected chi connectivity index (χ4v) is 2.79. The van der Waals surface area contributed by atoms with Crippen LogP contribution in [0, 0.1) is 13.8 Å². The molecule has 3 N–H and O–H groups in total. The quantitative estimate of drug-likeness (QED) is 0.701. The molecule has 0 amide bonds. The molecule has 2 aromatic carbocycles. The van der Waals surface area contributed by atoms with E-state index in [9.17, 15) is 0 Å². The van der Waals surface area contributed by atoms with Crippen molar-refractivity contribution in [3.05, 3.63) is 65.0 Å². The lowest BCUT2D eigenvalue weighted by molar-refractivity contribution is 0.295. The van der Waals surface area contributed by atoms with Crippen LogP contribution in [0.2, 0.25) is 0 Å². The summed E-state index contributed by atoms with van der Waals surface area (Å²) >= 11 is 0. The average molecular weight is 349 g/mol. The molecule has 134 valence electrons. The molecular weight excluding hydrogens is 326 g/mol. The molecule has 0 aliphatic carbocycles. The molecule has 6 heteroatoms. The molecule has 1 heterocycles. The fraction of sp³-hybridized carbons (Fsp3) is 0.250. The Labute approximate surface area is 153 Å². The summed E-state index contributed by atoms with van der Waals surface area (Å²) in [5, 5.41) is 3.22. The molecule has 6 nitrogen and oxygen atoms in total. The van der Waals surface area contributed by atoms with Crippen LogP contribution in [0.5, 0.6) is 5.75 Å². The third-order valence-electron chi connectivity index (χ3n) is 3.91. The molecule has 3 aromatic rings. The minimum Gasteiger partial charge on any atom is -0.486 e. The second-order valence-electron chi connectivity index (χ2n) is 6.18. The number of benzene rings is 2. The lowest BCUT2D eigenvalue weighted by atomic mass is 10.1. The molecule has 0 spiro atoms. The van der Waals surface area contributed by atoms with E-state index in [1.807, 2.05) is 44.2 Å².